The first kappa shape index (κ1) is 20.4. The zero-order valence-corrected chi connectivity index (χ0v) is 16.6. The highest BCUT2D eigenvalue weighted by Crippen LogP contribution is 2.27. The van der Waals surface area contributed by atoms with Crippen LogP contribution in [0.1, 0.15) is 12.5 Å². The number of methoxy groups -OCH3 is 1. The van der Waals surface area contributed by atoms with Gasteiger partial charge in [-0.05, 0) is 24.6 Å². The Hall–Kier alpha value is -3.30. The SMILES string of the molecule is COc1cccc(COC(C)C(=O)Nc2nc(-c3cccc([N+](=O)[O-])c3)cs2)c1. The molecule has 9 heteroatoms. The molecule has 150 valence electrons. The van der Waals surface area contributed by atoms with Gasteiger partial charge in [-0.1, -0.05) is 24.3 Å². The van der Waals surface area contributed by atoms with Crippen LogP contribution in [0.15, 0.2) is 53.9 Å². The standard InChI is InChI=1S/C20H19N3O5S/c1-13(28-11-14-5-3-8-17(9-14)27-2)19(24)22-20-21-18(12-29-20)15-6-4-7-16(10-15)23(25)26/h3-10,12-13H,11H2,1-2H3,(H,21,22,24). The Morgan fingerprint density at radius 3 is 2.83 bits per heavy atom. The summed E-state index contributed by atoms with van der Waals surface area (Å²) in [6.45, 7) is 1.92. The minimum Gasteiger partial charge on any atom is -0.497 e. The molecule has 29 heavy (non-hydrogen) atoms. The Bertz CT molecular complexity index is 1020. The maximum absolute atomic E-state index is 12.4. The maximum Gasteiger partial charge on any atom is 0.270 e. The van der Waals surface area contributed by atoms with Crippen LogP contribution in [0.25, 0.3) is 11.3 Å². The van der Waals surface area contributed by atoms with Crippen molar-refractivity contribution in [2.75, 3.05) is 12.4 Å². The minimum absolute atomic E-state index is 0.0133. The molecule has 0 saturated carbocycles. The van der Waals surface area contributed by atoms with Gasteiger partial charge in [-0.15, -0.1) is 11.3 Å². The highest BCUT2D eigenvalue weighted by molar-refractivity contribution is 7.14. The molecular weight excluding hydrogens is 394 g/mol. The number of non-ortho nitro benzene ring substituents is 1. The Balaban J connectivity index is 1.59. The number of hydrogen-bond acceptors (Lipinski definition) is 7. The Kier molecular flexibility index (Phi) is 6.53. The van der Waals surface area contributed by atoms with Crippen molar-refractivity contribution in [1.82, 2.24) is 4.98 Å². The first-order valence-electron chi connectivity index (χ1n) is 8.72. The van der Waals surface area contributed by atoms with E-state index < -0.39 is 11.0 Å². The number of benzene rings is 2. The third kappa shape index (κ3) is 5.37. The lowest BCUT2D eigenvalue weighted by Gasteiger charge is -2.12. The van der Waals surface area contributed by atoms with Gasteiger partial charge < -0.3 is 9.47 Å². The molecule has 0 aliphatic rings. The second-order valence-corrected chi connectivity index (χ2v) is 7.00. The average molecular weight is 413 g/mol. The number of nitrogens with zero attached hydrogens (tertiary/aromatic N) is 2. The lowest BCUT2D eigenvalue weighted by Crippen LogP contribution is -2.27. The fourth-order valence-electron chi connectivity index (χ4n) is 2.51. The van der Waals surface area contributed by atoms with Crippen LogP contribution in [-0.4, -0.2) is 29.0 Å². The minimum atomic E-state index is -0.689. The van der Waals surface area contributed by atoms with Crippen LogP contribution in [-0.2, 0) is 16.1 Å². The first-order chi connectivity index (χ1) is 14.0. The fraction of sp³-hybridized carbons (Fsp3) is 0.200. The number of nitro benzene ring substituents is 1. The molecule has 8 nitrogen and oxygen atoms in total. The molecule has 2 aromatic carbocycles. The average Bonchev–Trinajstić information content (AvgIpc) is 3.20. The third-order valence-corrected chi connectivity index (χ3v) is 4.85. The number of nitro groups is 1. The normalized spacial score (nSPS) is 11.7. The molecule has 1 atom stereocenters. The largest absolute Gasteiger partial charge is 0.497 e. The summed E-state index contributed by atoms with van der Waals surface area (Å²) in [7, 11) is 1.59. The molecular formula is C20H19N3O5S. The van der Waals surface area contributed by atoms with E-state index in [1.54, 1.807) is 31.5 Å². The van der Waals surface area contributed by atoms with Gasteiger partial charge in [-0.25, -0.2) is 4.98 Å². The van der Waals surface area contributed by atoms with E-state index in [2.05, 4.69) is 10.3 Å². The van der Waals surface area contributed by atoms with Crippen molar-refractivity contribution in [2.24, 2.45) is 0 Å². The molecule has 3 aromatic rings. The molecule has 1 amide bonds. The molecule has 0 fully saturated rings. The van der Waals surface area contributed by atoms with Gasteiger partial charge in [-0.3, -0.25) is 20.2 Å². The van der Waals surface area contributed by atoms with Crippen LogP contribution >= 0.6 is 11.3 Å². The molecule has 0 saturated heterocycles. The molecule has 1 heterocycles. The molecule has 0 spiro atoms. The van der Waals surface area contributed by atoms with Crippen LogP contribution in [0.2, 0.25) is 0 Å². The lowest BCUT2D eigenvalue weighted by atomic mass is 10.1. The number of anilines is 1. The number of carbonyl (C=O) groups excluding carboxylic acids is 1. The summed E-state index contributed by atoms with van der Waals surface area (Å²) >= 11 is 1.24. The smallest absolute Gasteiger partial charge is 0.270 e. The van der Waals surface area contributed by atoms with Crippen molar-refractivity contribution in [3.8, 4) is 17.0 Å². The number of amides is 1. The van der Waals surface area contributed by atoms with Gasteiger partial charge in [0.25, 0.3) is 11.6 Å². The molecule has 1 N–H and O–H groups in total. The van der Waals surface area contributed by atoms with E-state index >= 15 is 0 Å². The summed E-state index contributed by atoms with van der Waals surface area (Å²) in [6.07, 6.45) is -0.689. The molecule has 0 aliphatic carbocycles. The van der Waals surface area contributed by atoms with Gasteiger partial charge in [0, 0.05) is 23.1 Å². The number of aromatic nitrogens is 1. The second kappa shape index (κ2) is 9.26. The zero-order chi connectivity index (χ0) is 20.8. The molecule has 0 aliphatic heterocycles. The fourth-order valence-corrected chi connectivity index (χ4v) is 3.23. The third-order valence-electron chi connectivity index (χ3n) is 4.09. The number of hydrogen-bond donors (Lipinski definition) is 1. The summed E-state index contributed by atoms with van der Waals surface area (Å²) in [5.74, 6) is 0.396. The van der Waals surface area contributed by atoms with Gasteiger partial charge in [0.15, 0.2) is 5.13 Å². The maximum atomic E-state index is 12.4. The number of nitrogens with one attached hydrogen (secondary N) is 1. The van der Waals surface area contributed by atoms with Crippen molar-refractivity contribution < 1.29 is 19.2 Å². The van der Waals surface area contributed by atoms with E-state index in [4.69, 9.17) is 9.47 Å². The van der Waals surface area contributed by atoms with Crippen molar-refractivity contribution in [2.45, 2.75) is 19.6 Å². The van der Waals surface area contributed by atoms with Gasteiger partial charge in [-0.2, -0.15) is 0 Å². The second-order valence-electron chi connectivity index (χ2n) is 6.14. The number of thiazole rings is 1. The number of rotatable bonds is 8. The van der Waals surface area contributed by atoms with Gasteiger partial charge in [0.05, 0.1) is 24.3 Å². The summed E-state index contributed by atoms with van der Waals surface area (Å²) in [5, 5.41) is 15.8. The van der Waals surface area contributed by atoms with Crippen molar-refractivity contribution in [3.05, 3.63) is 69.6 Å². The molecule has 0 bridgehead atoms. The molecule has 3 rings (SSSR count). The quantitative estimate of drug-likeness (QED) is 0.437. The van der Waals surface area contributed by atoms with E-state index in [0.29, 0.717) is 16.4 Å². The predicted molar refractivity (Wildman–Crippen MR) is 110 cm³/mol. The highest BCUT2D eigenvalue weighted by Gasteiger charge is 2.16. The Labute approximate surface area is 171 Å². The molecule has 1 unspecified atom stereocenters. The highest BCUT2D eigenvalue weighted by atomic mass is 32.1. The van der Waals surface area contributed by atoms with Gasteiger partial charge in [0.1, 0.15) is 11.9 Å². The molecule has 1 aromatic heterocycles. The van der Waals surface area contributed by atoms with Crippen LogP contribution in [0.5, 0.6) is 5.75 Å². The Morgan fingerprint density at radius 2 is 2.07 bits per heavy atom. The van der Waals surface area contributed by atoms with Crippen molar-refractivity contribution >= 4 is 28.1 Å². The van der Waals surface area contributed by atoms with Crippen LogP contribution < -0.4 is 10.1 Å². The van der Waals surface area contributed by atoms with Gasteiger partial charge >= 0.3 is 0 Å². The summed E-state index contributed by atoms with van der Waals surface area (Å²) in [5.41, 5.74) is 2.05. The zero-order valence-electron chi connectivity index (χ0n) is 15.8. The van der Waals surface area contributed by atoms with Gasteiger partial charge in [0.2, 0.25) is 0 Å². The first-order valence-corrected chi connectivity index (χ1v) is 9.60. The van der Waals surface area contributed by atoms with E-state index in [0.717, 1.165) is 11.3 Å². The lowest BCUT2D eigenvalue weighted by molar-refractivity contribution is -0.384. The van der Waals surface area contributed by atoms with E-state index in [9.17, 15) is 14.9 Å². The van der Waals surface area contributed by atoms with E-state index in [1.165, 1.54) is 23.5 Å². The van der Waals surface area contributed by atoms with Crippen molar-refractivity contribution in [1.29, 1.82) is 0 Å². The predicted octanol–water partition coefficient (Wildman–Crippen LogP) is 4.27. The number of carbonyl (C=O) groups is 1. The van der Waals surface area contributed by atoms with E-state index in [-0.39, 0.29) is 18.2 Å². The summed E-state index contributed by atoms with van der Waals surface area (Å²) in [4.78, 5) is 27.2. The topological polar surface area (TPSA) is 104 Å². The summed E-state index contributed by atoms with van der Waals surface area (Å²) < 4.78 is 10.8. The van der Waals surface area contributed by atoms with E-state index in [1.807, 2.05) is 24.3 Å². The Morgan fingerprint density at radius 1 is 1.28 bits per heavy atom. The van der Waals surface area contributed by atoms with Crippen LogP contribution in [0.4, 0.5) is 10.8 Å². The van der Waals surface area contributed by atoms with Crippen LogP contribution in [0.3, 0.4) is 0 Å². The molecule has 0 radical (unpaired) electrons. The monoisotopic (exact) mass is 413 g/mol. The van der Waals surface area contributed by atoms with Crippen LogP contribution in [0, 0.1) is 10.1 Å². The van der Waals surface area contributed by atoms with Crippen molar-refractivity contribution in [3.63, 3.8) is 0 Å². The summed E-state index contributed by atoms with van der Waals surface area (Å²) in [6, 6.07) is 13.6. The number of ether oxygens (including phenoxy) is 2.